The van der Waals surface area contributed by atoms with Gasteiger partial charge in [-0.1, -0.05) is 24.3 Å². The quantitative estimate of drug-likeness (QED) is 0.868. The molecule has 1 amide bonds. The molecule has 2 N–H and O–H groups in total. The molecule has 0 aromatic heterocycles. The van der Waals surface area contributed by atoms with Gasteiger partial charge in [-0.25, -0.2) is 0 Å². The van der Waals surface area contributed by atoms with Crippen molar-refractivity contribution in [2.45, 2.75) is 27.2 Å². The molecule has 110 valence electrons. The van der Waals surface area contributed by atoms with Gasteiger partial charge in [0.15, 0.2) is 0 Å². The number of amides is 1. The molecule has 0 heterocycles. The molecule has 0 atom stereocenters. The van der Waals surface area contributed by atoms with E-state index in [-0.39, 0.29) is 5.91 Å². The Morgan fingerprint density at radius 2 is 1.71 bits per heavy atom. The van der Waals surface area contributed by atoms with E-state index in [1.54, 1.807) is 0 Å². The van der Waals surface area contributed by atoms with E-state index in [4.69, 9.17) is 0 Å². The standard InChI is InChI=1S/C18H22N2O/c1-13-8-9-16(12-15(13)3)20-18(21)10-11-19-17-7-5-4-6-14(17)2/h4-9,12,19H,10-11H2,1-3H3,(H,20,21). The normalized spacial score (nSPS) is 10.2. The fourth-order valence-electron chi connectivity index (χ4n) is 2.12. The molecule has 0 saturated heterocycles. The van der Waals surface area contributed by atoms with Gasteiger partial charge in [-0.2, -0.15) is 0 Å². The molecule has 0 aliphatic heterocycles. The zero-order chi connectivity index (χ0) is 15.2. The number of hydrogen-bond acceptors (Lipinski definition) is 2. The summed E-state index contributed by atoms with van der Waals surface area (Å²) < 4.78 is 0. The van der Waals surface area contributed by atoms with Crippen molar-refractivity contribution >= 4 is 17.3 Å². The molecule has 0 fully saturated rings. The van der Waals surface area contributed by atoms with Gasteiger partial charge in [0, 0.05) is 24.3 Å². The minimum Gasteiger partial charge on any atom is -0.384 e. The van der Waals surface area contributed by atoms with Crippen molar-refractivity contribution in [3.8, 4) is 0 Å². The molecular formula is C18H22N2O. The van der Waals surface area contributed by atoms with Crippen molar-refractivity contribution in [3.63, 3.8) is 0 Å². The third kappa shape index (κ3) is 4.35. The lowest BCUT2D eigenvalue weighted by Crippen LogP contribution is -2.16. The first-order valence-corrected chi connectivity index (χ1v) is 7.23. The molecule has 3 nitrogen and oxygen atoms in total. The first kappa shape index (κ1) is 15.1. The Bertz CT molecular complexity index is 635. The van der Waals surface area contributed by atoms with Crippen LogP contribution in [-0.2, 0) is 4.79 Å². The van der Waals surface area contributed by atoms with E-state index in [1.807, 2.05) is 43.3 Å². The average molecular weight is 282 g/mol. The second-order valence-corrected chi connectivity index (χ2v) is 5.34. The van der Waals surface area contributed by atoms with Crippen molar-refractivity contribution in [1.82, 2.24) is 0 Å². The molecular weight excluding hydrogens is 260 g/mol. The maximum absolute atomic E-state index is 11.9. The van der Waals surface area contributed by atoms with Crippen LogP contribution in [0.5, 0.6) is 0 Å². The number of carbonyl (C=O) groups is 1. The van der Waals surface area contributed by atoms with Crippen molar-refractivity contribution in [3.05, 3.63) is 59.2 Å². The van der Waals surface area contributed by atoms with Gasteiger partial charge >= 0.3 is 0 Å². The van der Waals surface area contributed by atoms with Crippen LogP contribution < -0.4 is 10.6 Å². The van der Waals surface area contributed by atoms with Gasteiger partial charge in [-0.05, 0) is 55.7 Å². The number of anilines is 2. The summed E-state index contributed by atoms with van der Waals surface area (Å²) in [7, 11) is 0. The van der Waals surface area contributed by atoms with E-state index in [1.165, 1.54) is 16.7 Å². The molecule has 0 saturated carbocycles. The second-order valence-electron chi connectivity index (χ2n) is 5.34. The predicted molar refractivity (Wildman–Crippen MR) is 88.8 cm³/mol. The Labute approximate surface area is 126 Å². The number of benzene rings is 2. The Kier molecular flexibility index (Phi) is 4.99. The summed E-state index contributed by atoms with van der Waals surface area (Å²) in [4.78, 5) is 11.9. The molecule has 2 rings (SSSR count). The third-order valence-corrected chi connectivity index (χ3v) is 3.60. The lowest BCUT2D eigenvalue weighted by Gasteiger charge is -2.10. The second kappa shape index (κ2) is 6.93. The van der Waals surface area contributed by atoms with E-state index in [0.29, 0.717) is 13.0 Å². The van der Waals surface area contributed by atoms with Gasteiger partial charge < -0.3 is 10.6 Å². The molecule has 0 aliphatic carbocycles. The lowest BCUT2D eigenvalue weighted by molar-refractivity contribution is -0.115. The topological polar surface area (TPSA) is 41.1 Å². The number of carbonyl (C=O) groups excluding carboxylic acids is 1. The molecule has 0 bridgehead atoms. The minimum absolute atomic E-state index is 0.0272. The summed E-state index contributed by atoms with van der Waals surface area (Å²) in [5.41, 5.74) is 5.54. The highest BCUT2D eigenvalue weighted by Crippen LogP contribution is 2.15. The fraction of sp³-hybridized carbons (Fsp3) is 0.278. The van der Waals surface area contributed by atoms with E-state index >= 15 is 0 Å². The third-order valence-electron chi connectivity index (χ3n) is 3.60. The summed E-state index contributed by atoms with van der Waals surface area (Å²) in [5, 5.41) is 6.22. The van der Waals surface area contributed by atoms with Crippen LogP contribution in [-0.4, -0.2) is 12.5 Å². The van der Waals surface area contributed by atoms with Crippen molar-refractivity contribution in [2.75, 3.05) is 17.2 Å². The first-order chi connectivity index (χ1) is 10.1. The summed E-state index contributed by atoms with van der Waals surface area (Å²) >= 11 is 0. The molecule has 0 aliphatic rings. The molecule has 2 aromatic carbocycles. The van der Waals surface area contributed by atoms with E-state index < -0.39 is 0 Å². The number of nitrogens with one attached hydrogen (secondary N) is 2. The molecule has 0 unspecified atom stereocenters. The summed E-state index contributed by atoms with van der Waals surface area (Å²) in [5.74, 6) is 0.0272. The molecule has 3 heteroatoms. The van der Waals surface area contributed by atoms with Crippen molar-refractivity contribution < 1.29 is 4.79 Å². The van der Waals surface area contributed by atoms with E-state index in [2.05, 4.69) is 30.5 Å². The number of para-hydroxylation sites is 1. The molecule has 0 radical (unpaired) electrons. The monoisotopic (exact) mass is 282 g/mol. The van der Waals surface area contributed by atoms with Crippen LogP contribution in [0.4, 0.5) is 11.4 Å². The van der Waals surface area contributed by atoms with Gasteiger partial charge in [0.05, 0.1) is 0 Å². The van der Waals surface area contributed by atoms with Crippen LogP contribution >= 0.6 is 0 Å². The predicted octanol–water partition coefficient (Wildman–Crippen LogP) is 4.05. The highest BCUT2D eigenvalue weighted by Gasteiger charge is 2.04. The summed E-state index contributed by atoms with van der Waals surface area (Å²) in [6, 6.07) is 14.0. The Balaban J connectivity index is 1.82. The largest absolute Gasteiger partial charge is 0.384 e. The van der Waals surface area contributed by atoms with Crippen molar-refractivity contribution in [2.24, 2.45) is 0 Å². The van der Waals surface area contributed by atoms with Crippen LogP contribution in [0.1, 0.15) is 23.1 Å². The SMILES string of the molecule is Cc1ccc(NC(=O)CCNc2ccccc2C)cc1C. The van der Waals surface area contributed by atoms with Crippen molar-refractivity contribution in [1.29, 1.82) is 0 Å². The number of hydrogen-bond donors (Lipinski definition) is 2. The highest BCUT2D eigenvalue weighted by molar-refractivity contribution is 5.91. The van der Waals surface area contributed by atoms with E-state index in [9.17, 15) is 4.79 Å². The zero-order valence-electron chi connectivity index (χ0n) is 12.9. The van der Waals surface area contributed by atoms with Gasteiger partial charge in [0.1, 0.15) is 0 Å². The maximum Gasteiger partial charge on any atom is 0.226 e. The molecule has 0 spiro atoms. The zero-order valence-corrected chi connectivity index (χ0v) is 12.9. The Morgan fingerprint density at radius 3 is 2.43 bits per heavy atom. The van der Waals surface area contributed by atoms with Gasteiger partial charge in [0.25, 0.3) is 0 Å². The van der Waals surface area contributed by atoms with Crippen LogP contribution in [0, 0.1) is 20.8 Å². The first-order valence-electron chi connectivity index (χ1n) is 7.23. The molecule has 2 aromatic rings. The van der Waals surface area contributed by atoms with Crippen LogP contribution in [0.3, 0.4) is 0 Å². The minimum atomic E-state index is 0.0272. The fourth-order valence-corrected chi connectivity index (χ4v) is 2.12. The number of aryl methyl sites for hydroxylation is 3. The smallest absolute Gasteiger partial charge is 0.226 e. The van der Waals surface area contributed by atoms with Crippen LogP contribution in [0.15, 0.2) is 42.5 Å². The van der Waals surface area contributed by atoms with Crippen LogP contribution in [0.2, 0.25) is 0 Å². The Morgan fingerprint density at radius 1 is 0.952 bits per heavy atom. The maximum atomic E-state index is 11.9. The van der Waals surface area contributed by atoms with Gasteiger partial charge in [0.2, 0.25) is 5.91 Å². The van der Waals surface area contributed by atoms with Crippen LogP contribution in [0.25, 0.3) is 0 Å². The van der Waals surface area contributed by atoms with E-state index in [0.717, 1.165) is 11.4 Å². The Hall–Kier alpha value is -2.29. The summed E-state index contributed by atoms with van der Waals surface area (Å²) in [6.07, 6.45) is 0.446. The van der Waals surface area contributed by atoms with Gasteiger partial charge in [-0.3, -0.25) is 4.79 Å². The highest BCUT2D eigenvalue weighted by atomic mass is 16.1. The van der Waals surface area contributed by atoms with Gasteiger partial charge in [-0.15, -0.1) is 0 Å². The number of rotatable bonds is 5. The average Bonchev–Trinajstić information content (AvgIpc) is 2.45. The summed E-state index contributed by atoms with van der Waals surface area (Å²) in [6.45, 7) is 6.79. The lowest BCUT2D eigenvalue weighted by atomic mass is 10.1. The molecule has 21 heavy (non-hydrogen) atoms.